The first-order valence-electron chi connectivity index (χ1n) is 6.22. The lowest BCUT2D eigenvalue weighted by molar-refractivity contribution is 0.780. The summed E-state index contributed by atoms with van der Waals surface area (Å²) in [6, 6.07) is 6.54. The lowest BCUT2D eigenvalue weighted by Crippen LogP contribution is -1.84. The first-order valence-corrected chi connectivity index (χ1v) is 6.22. The van der Waals surface area contributed by atoms with E-state index in [4.69, 9.17) is 0 Å². The molecule has 16 heavy (non-hydrogen) atoms. The van der Waals surface area contributed by atoms with Gasteiger partial charge in [-0.15, -0.1) is 0 Å². The molecule has 0 aliphatic heterocycles. The molecule has 0 atom stereocenters. The maximum Gasteiger partial charge on any atom is 0.0923 e. The summed E-state index contributed by atoms with van der Waals surface area (Å²) in [5.41, 5.74) is 2.51. The van der Waals surface area contributed by atoms with Crippen LogP contribution in [0.5, 0.6) is 0 Å². The Hall–Kier alpha value is -1.31. The molecule has 88 valence electrons. The molecule has 0 fully saturated rings. The van der Waals surface area contributed by atoms with Gasteiger partial charge in [-0.3, -0.25) is 4.68 Å². The van der Waals surface area contributed by atoms with E-state index in [1.807, 2.05) is 25.6 Å². The van der Waals surface area contributed by atoms with Crippen molar-refractivity contribution in [2.45, 2.75) is 40.0 Å². The maximum absolute atomic E-state index is 4.35. The fourth-order valence-electron chi connectivity index (χ4n) is 1.73. The van der Waals surface area contributed by atoms with E-state index in [0.29, 0.717) is 0 Å². The topological polar surface area (TPSA) is 17.8 Å². The minimum absolute atomic E-state index is 1.09. The van der Waals surface area contributed by atoms with Gasteiger partial charge in [-0.25, -0.2) is 0 Å². The smallest absolute Gasteiger partial charge is 0.0923 e. The lowest BCUT2D eigenvalue weighted by atomic mass is 10.1. The van der Waals surface area contributed by atoms with Crippen LogP contribution in [0.4, 0.5) is 0 Å². The van der Waals surface area contributed by atoms with E-state index >= 15 is 0 Å². The van der Waals surface area contributed by atoms with Gasteiger partial charge in [0.1, 0.15) is 0 Å². The second kappa shape index (κ2) is 6.31. The molecule has 0 saturated carbocycles. The molecular weight excluding hydrogens is 196 g/mol. The molecule has 0 amide bonds. The molecular formula is C14H22N2. The number of hydrogen-bond donors (Lipinski definition) is 0. The van der Waals surface area contributed by atoms with Crippen molar-refractivity contribution in [3.8, 4) is 0 Å². The lowest BCUT2D eigenvalue weighted by Gasteiger charge is -1.98. The van der Waals surface area contributed by atoms with E-state index in [0.717, 1.165) is 5.52 Å². The van der Waals surface area contributed by atoms with Gasteiger partial charge in [0.25, 0.3) is 0 Å². The van der Waals surface area contributed by atoms with Gasteiger partial charge in [0.15, 0.2) is 0 Å². The van der Waals surface area contributed by atoms with Gasteiger partial charge in [-0.05, 0) is 30.5 Å². The molecule has 0 aliphatic rings. The third-order valence-corrected chi connectivity index (χ3v) is 2.50. The summed E-state index contributed by atoms with van der Waals surface area (Å²) in [7, 11) is 1.96. The van der Waals surface area contributed by atoms with Gasteiger partial charge in [0.05, 0.1) is 5.52 Å². The maximum atomic E-state index is 4.35. The zero-order valence-electron chi connectivity index (χ0n) is 10.8. The molecule has 2 rings (SSSR count). The largest absolute Gasteiger partial charge is 0.275 e. The van der Waals surface area contributed by atoms with Crippen molar-refractivity contribution in [3.05, 3.63) is 30.0 Å². The van der Waals surface area contributed by atoms with Crippen molar-refractivity contribution < 1.29 is 0 Å². The SMILES string of the molecule is CC.CCCCc1ccc2nn(C)cc2c1. The predicted octanol–water partition coefficient (Wildman–Crippen LogP) is 3.94. The second-order valence-corrected chi connectivity index (χ2v) is 3.80. The first kappa shape index (κ1) is 12.8. The van der Waals surface area contributed by atoms with Crippen molar-refractivity contribution >= 4 is 10.9 Å². The number of aromatic nitrogens is 2. The summed E-state index contributed by atoms with van der Waals surface area (Å²) < 4.78 is 1.87. The molecule has 2 heteroatoms. The minimum atomic E-state index is 1.09. The summed E-state index contributed by atoms with van der Waals surface area (Å²) >= 11 is 0. The Morgan fingerprint density at radius 1 is 1.25 bits per heavy atom. The molecule has 0 bridgehead atoms. The normalized spacial score (nSPS) is 10.0. The summed E-state index contributed by atoms with van der Waals surface area (Å²) in [5, 5.41) is 5.60. The summed E-state index contributed by atoms with van der Waals surface area (Å²) in [5.74, 6) is 0. The fraction of sp³-hybridized carbons (Fsp3) is 0.500. The summed E-state index contributed by atoms with van der Waals surface area (Å²) in [4.78, 5) is 0. The fourth-order valence-corrected chi connectivity index (χ4v) is 1.73. The van der Waals surface area contributed by atoms with Gasteiger partial charge in [-0.1, -0.05) is 33.3 Å². The van der Waals surface area contributed by atoms with Gasteiger partial charge in [-0.2, -0.15) is 5.10 Å². The highest BCUT2D eigenvalue weighted by molar-refractivity contribution is 5.78. The number of benzene rings is 1. The molecule has 0 unspecified atom stereocenters. The zero-order valence-corrected chi connectivity index (χ0v) is 10.8. The number of rotatable bonds is 3. The third kappa shape index (κ3) is 3.09. The molecule has 0 N–H and O–H groups in total. The van der Waals surface area contributed by atoms with Crippen LogP contribution in [0.15, 0.2) is 24.4 Å². The highest BCUT2D eigenvalue weighted by atomic mass is 15.2. The predicted molar refractivity (Wildman–Crippen MR) is 70.7 cm³/mol. The van der Waals surface area contributed by atoms with Crippen LogP contribution in [0.1, 0.15) is 39.2 Å². The minimum Gasteiger partial charge on any atom is -0.275 e. The standard InChI is InChI=1S/C12H16N2.C2H6/c1-3-4-5-10-6-7-12-11(8-10)9-14(2)13-12;1-2/h6-9H,3-5H2,1-2H3;1-2H3. The van der Waals surface area contributed by atoms with Crippen LogP contribution in [0.2, 0.25) is 0 Å². The Kier molecular flexibility index (Phi) is 5.03. The number of fused-ring (bicyclic) bond motifs is 1. The van der Waals surface area contributed by atoms with Crippen LogP contribution in [0.25, 0.3) is 10.9 Å². The molecule has 1 heterocycles. The van der Waals surface area contributed by atoms with E-state index in [9.17, 15) is 0 Å². The quantitative estimate of drug-likeness (QED) is 0.763. The van der Waals surface area contributed by atoms with Crippen molar-refractivity contribution in [3.63, 3.8) is 0 Å². The van der Waals surface area contributed by atoms with Crippen LogP contribution in [-0.4, -0.2) is 9.78 Å². The van der Waals surface area contributed by atoms with E-state index in [-0.39, 0.29) is 0 Å². The third-order valence-electron chi connectivity index (χ3n) is 2.50. The van der Waals surface area contributed by atoms with Crippen molar-refractivity contribution in [1.82, 2.24) is 9.78 Å². The van der Waals surface area contributed by atoms with Crippen molar-refractivity contribution in [1.29, 1.82) is 0 Å². The average molecular weight is 218 g/mol. The highest BCUT2D eigenvalue weighted by Gasteiger charge is 1.99. The molecule has 1 aromatic heterocycles. The second-order valence-electron chi connectivity index (χ2n) is 3.80. The summed E-state index contributed by atoms with van der Waals surface area (Å²) in [6.07, 6.45) is 5.78. The Morgan fingerprint density at radius 2 is 2.00 bits per heavy atom. The van der Waals surface area contributed by atoms with Crippen LogP contribution in [-0.2, 0) is 13.5 Å². The average Bonchev–Trinajstić information content (AvgIpc) is 2.68. The summed E-state index contributed by atoms with van der Waals surface area (Å²) in [6.45, 7) is 6.22. The van der Waals surface area contributed by atoms with Crippen LogP contribution < -0.4 is 0 Å². The zero-order chi connectivity index (χ0) is 12.0. The van der Waals surface area contributed by atoms with Crippen LogP contribution in [0, 0.1) is 0 Å². The molecule has 2 aromatic rings. The Balaban J connectivity index is 0.000000606. The van der Waals surface area contributed by atoms with Crippen molar-refractivity contribution in [2.24, 2.45) is 7.05 Å². The molecule has 0 saturated heterocycles. The van der Waals surface area contributed by atoms with Gasteiger partial charge < -0.3 is 0 Å². The molecule has 0 aliphatic carbocycles. The van der Waals surface area contributed by atoms with Crippen molar-refractivity contribution in [2.75, 3.05) is 0 Å². The van der Waals surface area contributed by atoms with E-state index in [1.54, 1.807) is 0 Å². The number of hydrogen-bond acceptors (Lipinski definition) is 1. The molecule has 2 nitrogen and oxygen atoms in total. The molecule has 1 aromatic carbocycles. The van der Waals surface area contributed by atoms with Gasteiger partial charge in [0, 0.05) is 18.6 Å². The highest BCUT2D eigenvalue weighted by Crippen LogP contribution is 2.15. The first-order chi connectivity index (χ1) is 7.79. The molecule has 0 spiro atoms. The van der Waals surface area contributed by atoms with E-state index < -0.39 is 0 Å². The Morgan fingerprint density at radius 3 is 2.69 bits per heavy atom. The van der Waals surface area contributed by atoms with Gasteiger partial charge in [0.2, 0.25) is 0 Å². The van der Waals surface area contributed by atoms with E-state index in [1.165, 1.54) is 30.2 Å². The molecule has 0 radical (unpaired) electrons. The number of aryl methyl sites for hydroxylation is 2. The monoisotopic (exact) mass is 218 g/mol. The number of nitrogens with zero attached hydrogens (tertiary/aromatic N) is 2. The van der Waals surface area contributed by atoms with Crippen LogP contribution >= 0.6 is 0 Å². The van der Waals surface area contributed by atoms with Gasteiger partial charge >= 0.3 is 0 Å². The van der Waals surface area contributed by atoms with Crippen LogP contribution in [0.3, 0.4) is 0 Å². The Labute approximate surface area is 98.3 Å². The Bertz CT molecular complexity index is 429. The number of unbranched alkanes of at least 4 members (excludes halogenated alkanes) is 1. The van der Waals surface area contributed by atoms with E-state index in [2.05, 4.69) is 36.4 Å².